The van der Waals surface area contributed by atoms with Gasteiger partial charge in [0.2, 0.25) is 11.7 Å². The summed E-state index contributed by atoms with van der Waals surface area (Å²) in [5, 5.41) is 0.765. The molecule has 19 heavy (non-hydrogen) atoms. The third kappa shape index (κ3) is 2.71. The number of hydroxylamine groups is 1. The molecule has 0 spiro atoms. The average molecular weight is 281 g/mol. The lowest BCUT2D eigenvalue weighted by atomic mass is 10.2. The van der Waals surface area contributed by atoms with Gasteiger partial charge in [-0.3, -0.25) is 9.59 Å². The minimum Gasteiger partial charge on any atom is -0.363 e. The molecule has 0 unspecified atom stereocenters. The zero-order valence-electron chi connectivity index (χ0n) is 9.81. The number of hydrogen-bond acceptors (Lipinski definition) is 5. The first kappa shape index (κ1) is 13.0. The molecule has 0 bridgehead atoms. The van der Waals surface area contributed by atoms with Gasteiger partial charge in [0, 0.05) is 6.92 Å². The molecule has 1 heterocycles. The van der Waals surface area contributed by atoms with Gasteiger partial charge < -0.3 is 10.6 Å². The molecule has 98 valence electrons. The molecule has 1 aromatic carbocycles. The number of rotatable bonds is 3. The van der Waals surface area contributed by atoms with Crippen molar-refractivity contribution >= 4 is 34.3 Å². The number of carbonyl (C=O) groups is 2. The summed E-state index contributed by atoms with van der Waals surface area (Å²) in [5.74, 6) is -1.50. The van der Waals surface area contributed by atoms with Crippen LogP contribution in [0.2, 0.25) is 5.02 Å². The zero-order valence-corrected chi connectivity index (χ0v) is 10.6. The van der Waals surface area contributed by atoms with Gasteiger partial charge in [0.15, 0.2) is 0 Å². The first-order valence-electron chi connectivity index (χ1n) is 5.18. The van der Waals surface area contributed by atoms with Gasteiger partial charge in [-0.1, -0.05) is 17.7 Å². The number of carbonyl (C=O) groups excluding carboxylic acids is 2. The van der Waals surface area contributed by atoms with E-state index in [4.69, 9.17) is 22.2 Å². The Kier molecular flexibility index (Phi) is 3.48. The van der Waals surface area contributed by atoms with Gasteiger partial charge in [0.05, 0.1) is 15.9 Å². The van der Waals surface area contributed by atoms with Crippen molar-refractivity contribution in [3.8, 4) is 5.88 Å². The Labute approximate surface area is 112 Å². The van der Waals surface area contributed by atoms with Crippen molar-refractivity contribution in [3.05, 3.63) is 29.0 Å². The minimum atomic E-state index is -0.825. The predicted octanol–water partition coefficient (Wildman–Crippen LogP) is 0.812. The standard InChI is InChI=1S/C11H9ClN4O3/c1-5(17)16-19-11-6-3-2-4-7(12)8(6)14-10(15-11)9(13)18/h2-4H,1H3,(H2,13,18)(H,16,17). The Bertz CT molecular complexity index is 674. The number of primary amides is 1. The molecule has 2 rings (SSSR count). The summed E-state index contributed by atoms with van der Waals surface area (Å²) < 4.78 is 0. The Balaban J connectivity index is 2.61. The third-order valence-electron chi connectivity index (χ3n) is 2.15. The Morgan fingerprint density at radius 2 is 2.11 bits per heavy atom. The molecule has 1 aromatic heterocycles. The summed E-state index contributed by atoms with van der Waals surface area (Å²) >= 11 is 5.98. The fraction of sp³-hybridized carbons (Fsp3) is 0.0909. The molecule has 0 aliphatic heterocycles. The van der Waals surface area contributed by atoms with Crippen LogP contribution in [0.3, 0.4) is 0 Å². The predicted molar refractivity (Wildman–Crippen MR) is 67.5 cm³/mol. The first-order valence-corrected chi connectivity index (χ1v) is 5.56. The van der Waals surface area contributed by atoms with Crippen molar-refractivity contribution < 1.29 is 14.4 Å². The maximum absolute atomic E-state index is 11.2. The molecule has 0 saturated carbocycles. The second-order valence-corrected chi connectivity index (χ2v) is 4.02. The third-order valence-corrected chi connectivity index (χ3v) is 2.46. The van der Waals surface area contributed by atoms with Crippen molar-refractivity contribution in [2.24, 2.45) is 5.73 Å². The summed E-state index contributed by atoms with van der Waals surface area (Å²) in [6.07, 6.45) is 0. The molecule has 0 saturated heterocycles. The fourth-order valence-electron chi connectivity index (χ4n) is 1.40. The second-order valence-electron chi connectivity index (χ2n) is 3.61. The topological polar surface area (TPSA) is 107 Å². The number of halogens is 1. The smallest absolute Gasteiger partial charge is 0.286 e. The SMILES string of the molecule is CC(=O)NOc1nc(C(N)=O)nc2c(Cl)cccc12. The van der Waals surface area contributed by atoms with Crippen molar-refractivity contribution in [2.45, 2.75) is 6.92 Å². The number of hydrogen-bond donors (Lipinski definition) is 2. The molecule has 2 aromatic rings. The number of nitrogens with two attached hydrogens (primary N) is 1. The van der Waals surface area contributed by atoms with Crippen LogP contribution >= 0.6 is 11.6 Å². The lowest BCUT2D eigenvalue weighted by Crippen LogP contribution is -2.25. The maximum Gasteiger partial charge on any atom is 0.286 e. The molecular formula is C11H9ClN4O3. The van der Waals surface area contributed by atoms with E-state index in [1.807, 2.05) is 0 Å². The monoisotopic (exact) mass is 280 g/mol. The minimum absolute atomic E-state index is 0.00324. The van der Waals surface area contributed by atoms with E-state index in [0.717, 1.165) is 0 Å². The zero-order chi connectivity index (χ0) is 14.0. The molecule has 0 aliphatic rings. The lowest BCUT2D eigenvalue weighted by Gasteiger charge is -2.08. The van der Waals surface area contributed by atoms with E-state index in [9.17, 15) is 9.59 Å². The van der Waals surface area contributed by atoms with Gasteiger partial charge in [-0.05, 0) is 12.1 Å². The summed E-state index contributed by atoms with van der Waals surface area (Å²) in [5.41, 5.74) is 7.56. The number of amides is 2. The van der Waals surface area contributed by atoms with E-state index >= 15 is 0 Å². The molecule has 0 fully saturated rings. The largest absolute Gasteiger partial charge is 0.363 e. The number of benzene rings is 1. The summed E-state index contributed by atoms with van der Waals surface area (Å²) in [7, 11) is 0. The van der Waals surface area contributed by atoms with E-state index < -0.39 is 11.8 Å². The van der Waals surface area contributed by atoms with Crippen LogP contribution < -0.4 is 16.1 Å². The number of nitrogens with one attached hydrogen (secondary N) is 1. The number of para-hydroxylation sites is 1. The highest BCUT2D eigenvalue weighted by molar-refractivity contribution is 6.35. The molecule has 0 aliphatic carbocycles. The van der Waals surface area contributed by atoms with Crippen LogP contribution in [0.1, 0.15) is 17.5 Å². The van der Waals surface area contributed by atoms with Crippen LogP contribution in [0, 0.1) is 0 Å². The van der Waals surface area contributed by atoms with E-state index in [1.54, 1.807) is 18.2 Å². The molecule has 2 amide bonds. The highest BCUT2D eigenvalue weighted by Gasteiger charge is 2.15. The fourth-order valence-corrected chi connectivity index (χ4v) is 1.61. The van der Waals surface area contributed by atoms with Crippen LogP contribution in [-0.2, 0) is 4.79 Å². The van der Waals surface area contributed by atoms with Gasteiger partial charge in [-0.15, -0.1) is 0 Å². The van der Waals surface area contributed by atoms with Gasteiger partial charge >= 0.3 is 0 Å². The van der Waals surface area contributed by atoms with Crippen LogP contribution in [0.15, 0.2) is 18.2 Å². The normalized spacial score (nSPS) is 10.2. The summed E-state index contributed by atoms with van der Waals surface area (Å²) in [6, 6.07) is 4.91. The highest BCUT2D eigenvalue weighted by atomic mass is 35.5. The lowest BCUT2D eigenvalue weighted by molar-refractivity contribution is -0.125. The van der Waals surface area contributed by atoms with Crippen LogP contribution in [0.25, 0.3) is 10.9 Å². The number of fused-ring (bicyclic) bond motifs is 1. The molecule has 3 N–H and O–H groups in total. The second kappa shape index (κ2) is 5.07. The average Bonchev–Trinajstić information content (AvgIpc) is 2.36. The first-order chi connectivity index (χ1) is 8.99. The maximum atomic E-state index is 11.2. The number of nitrogens with zero attached hydrogens (tertiary/aromatic N) is 2. The molecule has 7 nitrogen and oxygen atoms in total. The van der Waals surface area contributed by atoms with Crippen LogP contribution in [0.5, 0.6) is 5.88 Å². The van der Waals surface area contributed by atoms with E-state index in [1.165, 1.54) is 6.92 Å². The van der Waals surface area contributed by atoms with Crippen LogP contribution in [0.4, 0.5) is 0 Å². The van der Waals surface area contributed by atoms with Gasteiger partial charge in [0.1, 0.15) is 0 Å². The Hall–Kier alpha value is -2.41. The van der Waals surface area contributed by atoms with E-state index in [-0.39, 0.29) is 11.7 Å². The highest BCUT2D eigenvalue weighted by Crippen LogP contribution is 2.27. The van der Waals surface area contributed by atoms with Crippen LogP contribution in [-0.4, -0.2) is 21.8 Å². The Morgan fingerprint density at radius 3 is 2.74 bits per heavy atom. The van der Waals surface area contributed by atoms with Crippen molar-refractivity contribution in [1.82, 2.24) is 15.4 Å². The van der Waals surface area contributed by atoms with Gasteiger partial charge in [0.25, 0.3) is 11.8 Å². The van der Waals surface area contributed by atoms with E-state index in [0.29, 0.717) is 15.9 Å². The van der Waals surface area contributed by atoms with Gasteiger partial charge in [-0.2, -0.15) is 10.5 Å². The summed E-state index contributed by atoms with van der Waals surface area (Å²) in [4.78, 5) is 34.8. The molecule has 0 atom stereocenters. The molecule has 8 heteroatoms. The molecular weight excluding hydrogens is 272 g/mol. The number of aromatic nitrogens is 2. The van der Waals surface area contributed by atoms with E-state index in [2.05, 4.69) is 15.4 Å². The Morgan fingerprint density at radius 1 is 1.37 bits per heavy atom. The summed E-state index contributed by atoms with van der Waals surface area (Å²) in [6.45, 7) is 1.27. The quantitative estimate of drug-likeness (QED) is 0.809. The van der Waals surface area contributed by atoms with Crippen molar-refractivity contribution in [2.75, 3.05) is 0 Å². The molecule has 0 radical (unpaired) electrons. The van der Waals surface area contributed by atoms with Crippen molar-refractivity contribution in [3.63, 3.8) is 0 Å². The van der Waals surface area contributed by atoms with Crippen molar-refractivity contribution in [1.29, 1.82) is 0 Å². The van der Waals surface area contributed by atoms with Gasteiger partial charge in [-0.25, -0.2) is 4.98 Å².